The van der Waals surface area contributed by atoms with Gasteiger partial charge in [-0.3, -0.25) is 9.78 Å². The van der Waals surface area contributed by atoms with E-state index in [1.165, 1.54) is 12.1 Å². The van der Waals surface area contributed by atoms with Gasteiger partial charge in [-0.1, -0.05) is 24.3 Å². The lowest BCUT2D eigenvalue weighted by Gasteiger charge is -2.12. The van der Waals surface area contributed by atoms with Crippen molar-refractivity contribution in [1.29, 1.82) is 0 Å². The number of carbonyl (C=O) groups excluding carboxylic acids is 1. The number of carbonyl (C=O) groups is 1. The molecular formula is C21H17FN2O2. The van der Waals surface area contributed by atoms with E-state index >= 15 is 0 Å². The largest absolute Gasteiger partial charge is 0.455 e. The molecule has 1 aliphatic rings. The summed E-state index contributed by atoms with van der Waals surface area (Å²) in [6.45, 7) is 0. The van der Waals surface area contributed by atoms with Crippen LogP contribution in [-0.2, 0) is 4.79 Å². The van der Waals surface area contributed by atoms with E-state index in [1.54, 1.807) is 42.7 Å². The molecule has 2 atom stereocenters. The minimum atomic E-state index is -0.374. The van der Waals surface area contributed by atoms with E-state index in [0.29, 0.717) is 17.2 Å². The van der Waals surface area contributed by atoms with E-state index in [9.17, 15) is 9.18 Å². The van der Waals surface area contributed by atoms with Gasteiger partial charge in [-0.15, -0.1) is 0 Å². The highest BCUT2D eigenvalue weighted by molar-refractivity contribution is 5.96. The molecule has 4 nitrogen and oxygen atoms in total. The molecule has 26 heavy (non-hydrogen) atoms. The molecule has 1 heterocycles. The normalized spacial score (nSPS) is 18.2. The van der Waals surface area contributed by atoms with Crippen molar-refractivity contribution in [2.75, 3.05) is 5.32 Å². The second-order valence-corrected chi connectivity index (χ2v) is 6.28. The van der Waals surface area contributed by atoms with Gasteiger partial charge in [0, 0.05) is 24.4 Å². The quantitative estimate of drug-likeness (QED) is 0.723. The van der Waals surface area contributed by atoms with Crippen LogP contribution in [0.4, 0.5) is 10.1 Å². The van der Waals surface area contributed by atoms with E-state index in [4.69, 9.17) is 4.74 Å². The molecule has 1 N–H and O–H groups in total. The van der Waals surface area contributed by atoms with Crippen molar-refractivity contribution in [1.82, 2.24) is 4.98 Å². The first-order valence-corrected chi connectivity index (χ1v) is 8.44. The topological polar surface area (TPSA) is 51.2 Å². The summed E-state index contributed by atoms with van der Waals surface area (Å²) in [7, 11) is 0. The fourth-order valence-electron chi connectivity index (χ4n) is 2.99. The Balaban J connectivity index is 1.46. The molecule has 3 aromatic rings. The van der Waals surface area contributed by atoms with Gasteiger partial charge in [-0.05, 0) is 48.2 Å². The Kier molecular flexibility index (Phi) is 4.35. The van der Waals surface area contributed by atoms with Crippen LogP contribution < -0.4 is 10.1 Å². The minimum Gasteiger partial charge on any atom is -0.455 e. The van der Waals surface area contributed by atoms with Crippen LogP contribution in [0.5, 0.6) is 11.5 Å². The molecule has 1 saturated carbocycles. The van der Waals surface area contributed by atoms with Crippen molar-refractivity contribution in [2.24, 2.45) is 5.92 Å². The summed E-state index contributed by atoms with van der Waals surface area (Å²) in [5, 5.41) is 2.93. The van der Waals surface area contributed by atoms with Crippen LogP contribution in [0.15, 0.2) is 73.1 Å². The third-order valence-corrected chi connectivity index (χ3v) is 4.41. The lowest BCUT2D eigenvalue weighted by atomic mass is 10.1. The molecule has 0 bridgehead atoms. The van der Waals surface area contributed by atoms with Gasteiger partial charge in [0.05, 0.1) is 5.69 Å². The number of hydrogen-bond donors (Lipinski definition) is 1. The second-order valence-electron chi connectivity index (χ2n) is 6.28. The number of halogens is 1. The maximum absolute atomic E-state index is 13.3. The molecule has 1 aliphatic carbocycles. The molecule has 1 amide bonds. The summed E-state index contributed by atoms with van der Waals surface area (Å²) in [5.74, 6) is 0.577. The number of rotatable bonds is 5. The predicted molar refractivity (Wildman–Crippen MR) is 96.6 cm³/mol. The van der Waals surface area contributed by atoms with E-state index in [0.717, 1.165) is 12.0 Å². The van der Waals surface area contributed by atoms with Gasteiger partial charge in [0.1, 0.15) is 11.6 Å². The van der Waals surface area contributed by atoms with Crippen LogP contribution in [-0.4, -0.2) is 10.9 Å². The standard InChI is InChI=1S/C21H17FN2O2/c22-15-6-3-7-16(11-15)26-20-9-2-1-8-19(20)24-21(25)18-12-17(18)14-5-4-10-23-13-14/h1-11,13,17-18H,12H2,(H,24,25)/t17-,18+/m0/s1. The van der Waals surface area contributed by atoms with Crippen LogP contribution in [0.3, 0.4) is 0 Å². The van der Waals surface area contributed by atoms with E-state index in [-0.39, 0.29) is 23.6 Å². The number of para-hydroxylation sites is 2. The van der Waals surface area contributed by atoms with Crippen LogP contribution >= 0.6 is 0 Å². The lowest BCUT2D eigenvalue weighted by molar-refractivity contribution is -0.117. The number of amides is 1. The van der Waals surface area contributed by atoms with Crippen molar-refractivity contribution in [2.45, 2.75) is 12.3 Å². The predicted octanol–water partition coefficient (Wildman–Crippen LogP) is 4.76. The Bertz CT molecular complexity index is 930. The molecule has 0 unspecified atom stereocenters. The van der Waals surface area contributed by atoms with Gasteiger partial charge in [-0.2, -0.15) is 0 Å². The number of pyridine rings is 1. The van der Waals surface area contributed by atoms with Crippen LogP contribution in [0.2, 0.25) is 0 Å². The van der Waals surface area contributed by atoms with E-state index < -0.39 is 0 Å². The number of nitrogens with one attached hydrogen (secondary N) is 1. The van der Waals surface area contributed by atoms with Gasteiger partial charge in [0.2, 0.25) is 5.91 Å². The smallest absolute Gasteiger partial charge is 0.228 e. The first-order valence-electron chi connectivity index (χ1n) is 8.44. The summed E-state index contributed by atoms with van der Waals surface area (Å²) in [4.78, 5) is 16.7. The van der Waals surface area contributed by atoms with Gasteiger partial charge in [-0.25, -0.2) is 4.39 Å². The molecule has 4 rings (SSSR count). The zero-order valence-electron chi connectivity index (χ0n) is 13.9. The third-order valence-electron chi connectivity index (χ3n) is 4.41. The maximum atomic E-state index is 13.3. The Labute approximate surface area is 150 Å². The zero-order chi connectivity index (χ0) is 17.9. The minimum absolute atomic E-state index is 0.0471. The number of benzene rings is 2. The first-order chi connectivity index (χ1) is 12.7. The average molecular weight is 348 g/mol. The maximum Gasteiger partial charge on any atom is 0.228 e. The highest BCUT2D eigenvalue weighted by Crippen LogP contribution is 2.48. The SMILES string of the molecule is O=C(Nc1ccccc1Oc1cccc(F)c1)[C@@H]1C[C@H]1c1cccnc1. The molecule has 1 fully saturated rings. The first kappa shape index (κ1) is 16.3. The molecule has 0 spiro atoms. The average Bonchev–Trinajstić information content (AvgIpc) is 3.45. The summed E-state index contributed by atoms with van der Waals surface area (Å²) < 4.78 is 19.1. The van der Waals surface area contributed by atoms with Gasteiger partial charge in [0.15, 0.2) is 5.75 Å². The Morgan fingerprint density at radius 1 is 1.12 bits per heavy atom. The lowest BCUT2D eigenvalue weighted by Crippen LogP contribution is -2.15. The van der Waals surface area contributed by atoms with Crippen molar-refractivity contribution in [3.63, 3.8) is 0 Å². The Morgan fingerprint density at radius 2 is 2.00 bits per heavy atom. The second kappa shape index (κ2) is 6.96. The fraction of sp³-hybridized carbons (Fsp3) is 0.143. The highest BCUT2D eigenvalue weighted by Gasteiger charge is 2.44. The highest BCUT2D eigenvalue weighted by atomic mass is 19.1. The molecular weight excluding hydrogens is 331 g/mol. The van der Waals surface area contributed by atoms with Crippen LogP contribution in [0.25, 0.3) is 0 Å². The summed E-state index contributed by atoms with van der Waals surface area (Å²) >= 11 is 0. The van der Waals surface area contributed by atoms with Crippen molar-refractivity contribution in [3.05, 3.63) is 84.4 Å². The molecule has 0 aliphatic heterocycles. The number of nitrogens with zero attached hydrogens (tertiary/aromatic N) is 1. The Hall–Kier alpha value is -3.21. The molecule has 5 heteroatoms. The molecule has 2 aromatic carbocycles. The van der Waals surface area contributed by atoms with E-state index in [2.05, 4.69) is 10.3 Å². The number of anilines is 1. The third kappa shape index (κ3) is 3.57. The van der Waals surface area contributed by atoms with Gasteiger partial charge >= 0.3 is 0 Å². The van der Waals surface area contributed by atoms with Gasteiger partial charge < -0.3 is 10.1 Å². The van der Waals surface area contributed by atoms with E-state index in [1.807, 2.05) is 18.2 Å². The monoisotopic (exact) mass is 348 g/mol. The van der Waals surface area contributed by atoms with Crippen molar-refractivity contribution in [3.8, 4) is 11.5 Å². The number of ether oxygens (including phenoxy) is 1. The molecule has 0 radical (unpaired) electrons. The number of hydrogen-bond acceptors (Lipinski definition) is 3. The van der Waals surface area contributed by atoms with Crippen LogP contribution in [0, 0.1) is 11.7 Å². The summed E-state index contributed by atoms with van der Waals surface area (Å²) in [6.07, 6.45) is 4.34. The van der Waals surface area contributed by atoms with Crippen LogP contribution in [0.1, 0.15) is 17.9 Å². The van der Waals surface area contributed by atoms with Crippen molar-refractivity contribution < 1.29 is 13.9 Å². The summed E-state index contributed by atoms with van der Waals surface area (Å²) in [5.41, 5.74) is 1.65. The fourth-order valence-corrected chi connectivity index (χ4v) is 2.99. The molecule has 0 saturated heterocycles. The zero-order valence-corrected chi connectivity index (χ0v) is 13.9. The summed E-state index contributed by atoms with van der Waals surface area (Å²) in [6, 6.07) is 16.9. The van der Waals surface area contributed by atoms with Crippen molar-refractivity contribution >= 4 is 11.6 Å². The Morgan fingerprint density at radius 3 is 2.81 bits per heavy atom. The number of aromatic nitrogens is 1. The molecule has 130 valence electrons. The van der Waals surface area contributed by atoms with Gasteiger partial charge in [0.25, 0.3) is 0 Å². The molecule has 1 aromatic heterocycles.